The Bertz CT molecular complexity index is 506. The van der Waals surface area contributed by atoms with E-state index in [-0.39, 0.29) is 18.9 Å². The van der Waals surface area contributed by atoms with Crippen molar-refractivity contribution in [2.75, 3.05) is 20.3 Å². The molecule has 0 radical (unpaired) electrons. The number of ether oxygens (including phenoxy) is 1. The number of nitriles is 1. The van der Waals surface area contributed by atoms with Crippen molar-refractivity contribution in [2.24, 2.45) is 0 Å². The third-order valence-corrected chi connectivity index (χ3v) is 2.65. The minimum absolute atomic E-state index is 0.108. The normalized spacial score (nSPS) is 11.0. The zero-order valence-corrected chi connectivity index (χ0v) is 11.5. The minimum Gasteiger partial charge on any atom is -0.372 e. The van der Waals surface area contributed by atoms with Crippen molar-refractivity contribution in [1.29, 1.82) is 5.26 Å². The molecule has 114 valence electrons. The summed E-state index contributed by atoms with van der Waals surface area (Å²) in [5.41, 5.74) is 1.36. The second kappa shape index (κ2) is 7.64. The molecule has 0 aliphatic carbocycles. The van der Waals surface area contributed by atoms with Crippen LogP contribution in [0.3, 0.4) is 0 Å². The van der Waals surface area contributed by atoms with Gasteiger partial charge in [-0.15, -0.1) is 0 Å². The first-order valence-corrected chi connectivity index (χ1v) is 6.19. The Balaban J connectivity index is 2.35. The van der Waals surface area contributed by atoms with Crippen LogP contribution >= 0.6 is 0 Å². The molecule has 0 unspecified atom stereocenters. The SMILES string of the molecule is CN(Cc1ccc(C#N)cc1)C(=O)CCOCC(F)(F)F. The highest BCUT2D eigenvalue weighted by Crippen LogP contribution is 2.14. The second-order valence-electron chi connectivity index (χ2n) is 4.48. The van der Waals surface area contributed by atoms with Gasteiger partial charge >= 0.3 is 6.18 Å². The van der Waals surface area contributed by atoms with Gasteiger partial charge in [0.2, 0.25) is 5.91 Å². The summed E-state index contributed by atoms with van der Waals surface area (Å²) in [4.78, 5) is 13.1. The first-order chi connectivity index (χ1) is 9.81. The molecule has 0 bridgehead atoms. The number of amides is 1. The lowest BCUT2D eigenvalue weighted by Crippen LogP contribution is -2.27. The summed E-state index contributed by atoms with van der Waals surface area (Å²) in [6, 6.07) is 8.72. The number of carbonyl (C=O) groups is 1. The molecule has 0 saturated heterocycles. The maximum Gasteiger partial charge on any atom is 0.411 e. The lowest BCUT2D eigenvalue weighted by molar-refractivity contribution is -0.175. The van der Waals surface area contributed by atoms with Crippen LogP contribution in [0, 0.1) is 11.3 Å². The molecule has 1 aromatic carbocycles. The third-order valence-electron chi connectivity index (χ3n) is 2.65. The van der Waals surface area contributed by atoms with Crippen LogP contribution in [0.15, 0.2) is 24.3 Å². The predicted molar refractivity (Wildman–Crippen MR) is 69.1 cm³/mol. The van der Waals surface area contributed by atoms with E-state index in [1.165, 1.54) is 4.90 Å². The lowest BCUT2D eigenvalue weighted by atomic mass is 10.1. The number of nitrogens with zero attached hydrogens (tertiary/aromatic N) is 2. The highest BCUT2D eigenvalue weighted by molar-refractivity contribution is 5.75. The fraction of sp³-hybridized carbons (Fsp3) is 0.429. The molecular weight excluding hydrogens is 285 g/mol. The summed E-state index contributed by atoms with van der Waals surface area (Å²) < 4.78 is 39.9. The molecule has 21 heavy (non-hydrogen) atoms. The van der Waals surface area contributed by atoms with Gasteiger partial charge in [-0.1, -0.05) is 12.1 Å². The highest BCUT2D eigenvalue weighted by Gasteiger charge is 2.27. The van der Waals surface area contributed by atoms with E-state index < -0.39 is 12.8 Å². The number of rotatable bonds is 6. The fourth-order valence-corrected chi connectivity index (χ4v) is 1.58. The molecule has 0 aliphatic rings. The van der Waals surface area contributed by atoms with Gasteiger partial charge < -0.3 is 9.64 Å². The van der Waals surface area contributed by atoms with Crippen LogP contribution in [0.1, 0.15) is 17.5 Å². The summed E-state index contributed by atoms with van der Waals surface area (Å²) in [6.45, 7) is -1.29. The van der Waals surface area contributed by atoms with Crippen molar-refractivity contribution in [3.63, 3.8) is 0 Å². The van der Waals surface area contributed by atoms with Crippen molar-refractivity contribution in [1.82, 2.24) is 4.90 Å². The average molecular weight is 300 g/mol. The van der Waals surface area contributed by atoms with Crippen molar-refractivity contribution in [3.8, 4) is 6.07 Å². The van der Waals surface area contributed by atoms with Crippen molar-refractivity contribution in [3.05, 3.63) is 35.4 Å². The smallest absolute Gasteiger partial charge is 0.372 e. The van der Waals surface area contributed by atoms with Crippen molar-refractivity contribution < 1.29 is 22.7 Å². The molecule has 7 heteroatoms. The Morgan fingerprint density at radius 3 is 2.48 bits per heavy atom. The van der Waals surface area contributed by atoms with Gasteiger partial charge in [0.1, 0.15) is 6.61 Å². The maximum absolute atomic E-state index is 11.8. The van der Waals surface area contributed by atoms with Gasteiger partial charge in [0.25, 0.3) is 0 Å². The lowest BCUT2D eigenvalue weighted by Gasteiger charge is -2.17. The molecule has 0 N–H and O–H groups in total. The van der Waals surface area contributed by atoms with Gasteiger partial charge in [-0.25, -0.2) is 0 Å². The third kappa shape index (κ3) is 6.77. The number of hydrogen-bond acceptors (Lipinski definition) is 3. The van der Waals surface area contributed by atoms with Crippen LogP contribution in [0.4, 0.5) is 13.2 Å². The van der Waals surface area contributed by atoms with E-state index in [1.807, 2.05) is 6.07 Å². The van der Waals surface area contributed by atoms with E-state index in [0.717, 1.165) is 5.56 Å². The van der Waals surface area contributed by atoms with E-state index in [0.29, 0.717) is 12.1 Å². The van der Waals surface area contributed by atoms with E-state index in [2.05, 4.69) is 4.74 Å². The summed E-state index contributed by atoms with van der Waals surface area (Å²) in [7, 11) is 1.56. The molecule has 0 spiro atoms. The van der Waals surface area contributed by atoms with E-state index >= 15 is 0 Å². The largest absolute Gasteiger partial charge is 0.411 e. The summed E-state index contributed by atoms with van der Waals surface area (Å²) in [6.07, 6.45) is -4.49. The first-order valence-electron chi connectivity index (χ1n) is 6.19. The monoisotopic (exact) mass is 300 g/mol. The van der Waals surface area contributed by atoms with Gasteiger partial charge in [-0.05, 0) is 17.7 Å². The quantitative estimate of drug-likeness (QED) is 0.758. The van der Waals surface area contributed by atoms with Gasteiger partial charge in [0.15, 0.2) is 0 Å². The van der Waals surface area contributed by atoms with Crippen LogP contribution in [0.25, 0.3) is 0 Å². The van der Waals surface area contributed by atoms with E-state index in [1.54, 1.807) is 31.3 Å². The van der Waals surface area contributed by atoms with Crippen LogP contribution in [-0.2, 0) is 16.1 Å². The van der Waals surface area contributed by atoms with Gasteiger partial charge in [-0.3, -0.25) is 4.79 Å². The Hall–Kier alpha value is -2.07. The standard InChI is InChI=1S/C14H15F3N2O2/c1-19(9-12-4-2-11(8-18)3-5-12)13(20)6-7-21-10-14(15,16)17/h2-5H,6-7,9-10H2,1H3. The van der Waals surface area contributed by atoms with Crippen LogP contribution in [-0.4, -0.2) is 37.2 Å². The fourth-order valence-electron chi connectivity index (χ4n) is 1.58. The molecule has 1 aromatic rings. The van der Waals surface area contributed by atoms with E-state index in [9.17, 15) is 18.0 Å². The second-order valence-corrected chi connectivity index (χ2v) is 4.48. The van der Waals surface area contributed by atoms with Crippen LogP contribution in [0.5, 0.6) is 0 Å². The zero-order chi connectivity index (χ0) is 15.9. The molecule has 0 fully saturated rings. The molecule has 0 atom stereocenters. The molecule has 4 nitrogen and oxygen atoms in total. The molecule has 0 aliphatic heterocycles. The van der Waals surface area contributed by atoms with Gasteiger partial charge in [-0.2, -0.15) is 18.4 Å². The van der Waals surface area contributed by atoms with Crippen molar-refractivity contribution >= 4 is 5.91 Å². The Morgan fingerprint density at radius 1 is 1.33 bits per heavy atom. The summed E-state index contributed by atoms with van der Waals surface area (Å²) >= 11 is 0. The van der Waals surface area contributed by atoms with Crippen LogP contribution in [0.2, 0.25) is 0 Å². The molecule has 0 aromatic heterocycles. The predicted octanol–water partition coefficient (Wildman–Crippen LogP) is 2.49. The Morgan fingerprint density at radius 2 is 1.95 bits per heavy atom. The number of benzene rings is 1. The molecule has 0 heterocycles. The average Bonchev–Trinajstić information content (AvgIpc) is 2.43. The molecule has 1 amide bonds. The maximum atomic E-state index is 11.8. The molecule has 0 saturated carbocycles. The molecule has 1 rings (SSSR count). The van der Waals surface area contributed by atoms with Gasteiger partial charge in [0.05, 0.1) is 24.7 Å². The number of hydrogen-bond donors (Lipinski definition) is 0. The first kappa shape index (κ1) is 17.0. The number of carbonyl (C=O) groups excluding carboxylic acids is 1. The number of alkyl halides is 3. The zero-order valence-electron chi connectivity index (χ0n) is 11.5. The number of halogens is 3. The van der Waals surface area contributed by atoms with Gasteiger partial charge in [0, 0.05) is 13.6 Å². The highest BCUT2D eigenvalue weighted by atomic mass is 19.4. The summed E-state index contributed by atoms with van der Waals surface area (Å²) in [5, 5.41) is 8.67. The molecular formula is C14H15F3N2O2. The summed E-state index contributed by atoms with van der Waals surface area (Å²) in [5.74, 6) is -0.304. The topological polar surface area (TPSA) is 53.3 Å². The minimum atomic E-state index is -4.38. The van der Waals surface area contributed by atoms with Crippen LogP contribution < -0.4 is 0 Å². The van der Waals surface area contributed by atoms with Crippen molar-refractivity contribution in [2.45, 2.75) is 19.1 Å². The Kier molecular flexibility index (Phi) is 6.18. The van der Waals surface area contributed by atoms with E-state index in [4.69, 9.17) is 5.26 Å². The Labute approximate surface area is 120 Å².